The first-order valence-electron chi connectivity index (χ1n) is 5.80. The van der Waals surface area contributed by atoms with Crippen LogP contribution in [0.4, 0.5) is 0 Å². The van der Waals surface area contributed by atoms with Crippen molar-refractivity contribution in [3.05, 3.63) is 28.2 Å². The summed E-state index contributed by atoms with van der Waals surface area (Å²) in [6.07, 6.45) is 0.347. The molecule has 1 heterocycles. The molecule has 1 aliphatic heterocycles. The molecule has 0 aliphatic carbocycles. The lowest BCUT2D eigenvalue weighted by molar-refractivity contribution is -0.122. The highest BCUT2D eigenvalue weighted by molar-refractivity contribution is 9.10. The molecule has 2 unspecified atom stereocenters. The van der Waals surface area contributed by atoms with Crippen LogP contribution in [0, 0.1) is 5.92 Å². The highest BCUT2D eigenvalue weighted by atomic mass is 79.9. The van der Waals surface area contributed by atoms with E-state index in [0.717, 1.165) is 15.8 Å². The fraction of sp³-hybridized carbons (Fsp3) is 0.462. The highest BCUT2D eigenvalue weighted by Gasteiger charge is 2.31. The molecule has 2 rings (SSSR count). The fourth-order valence-electron chi connectivity index (χ4n) is 2.03. The third kappa shape index (κ3) is 2.91. The van der Waals surface area contributed by atoms with Gasteiger partial charge in [-0.05, 0) is 23.8 Å². The van der Waals surface area contributed by atoms with Gasteiger partial charge in [0, 0.05) is 16.9 Å². The summed E-state index contributed by atoms with van der Waals surface area (Å²) in [7, 11) is 1.61. The van der Waals surface area contributed by atoms with E-state index in [4.69, 9.17) is 15.2 Å². The van der Waals surface area contributed by atoms with Crippen molar-refractivity contribution in [2.24, 2.45) is 11.7 Å². The van der Waals surface area contributed by atoms with Gasteiger partial charge in [0.05, 0.1) is 26.2 Å². The van der Waals surface area contributed by atoms with Gasteiger partial charge in [0.2, 0.25) is 0 Å². The molecule has 4 nitrogen and oxygen atoms in total. The molecular weight excluding hydrogens is 298 g/mol. The second-order valence-electron chi connectivity index (χ2n) is 4.41. The minimum Gasteiger partial charge on any atom is -0.497 e. The Morgan fingerprint density at radius 3 is 2.94 bits per heavy atom. The number of carbonyl (C=O) groups excluding carboxylic acids is 1. The average molecular weight is 314 g/mol. The Morgan fingerprint density at radius 2 is 2.33 bits per heavy atom. The largest absolute Gasteiger partial charge is 0.497 e. The van der Waals surface area contributed by atoms with Crippen molar-refractivity contribution >= 4 is 21.7 Å². The number of methoxy groups -OCH3 is 1. The number of hydrogen-bond acceptors (Lipinski definition) is 4. The minimum absolute atomic E-state index is 0.119. The summed E-state index contributed by atoms with van der Waals surface area (Å²) in [5, 5.41) is 0. The van der Waals surface area contributed by atoms with E-state index in [-0.39, 0.29) is 17.7 Å². The Hall–Kier alpha value is -0.910. The summed E-state index contributed by atoms with van der Waals surface area (Å²) in [5.41, 5.74) is 6.76. The number of Topliss-reactive ketones (excluding diaryl/α,β-unsaturated/α-hetero) is 1. The molecule has 0 bridgehead atoms. The Labute approximate surface area is 115 Å². The van der Waals surface area contributed by atoms with Gasteiger partial charge in [0.25, 0.3) is 0 Å². The van der Waals surface area contributed by atoms with E-state index in [9.17, 15) is 4.79 Å². The number of nitrogens with two attached hydrogens (primary N) is 1. The standard InChI is InChI=1S/C13H16BrNO3/c1-17-9-2-3-11(14)8(4-9)5-13(16)10-6-18-7-12(10)15/h2-4,10,12H,5-7,15H2,1H3. The molecule has 98 valence electrons. The van der Waals surface area contributed by atoms with Crippen LogP contribution in [0.5, 0.6) is 5.75 Å². The van der Waals surface area contributed by atoms with E-state index in [1.54, 1.807) is 7.11 Å². The minimum atomic E-state index is -0.192. The first-order valence-corrected chi connectivity index (χ1v) is 6.59. The Balaban J connectivity index is 2.11. The molecule has 18 heavy (non-hydrogen) atoms. The zero-order valence-electron chi connectivity index (χ0n) is 10.2. The molecule has 1 aliphatic rings. The highest BCUT2D eigenvalue weighted by Crippen LogP contribution is 2.25. The SMILES string of the molecule is COc1ccc(Br)c(CC(=O)C2COCC2N)c1. The fourth-order valence-corrected chi connectivity index (χ4v) is 2.42. The van der Waals surface area contributed by atoms with Crippen molar-refractivity contribution in [3.63, 3.8) is 0 Å². The molecule has 2 N–H and O–H groups in total. The molecule has 1 fully saturated rings. The van der Waals surface area contributed by atoms with E-state index in [1.807, 2.05) is 18.2 Å². The van der Waals surface area contributed by atoms with Crippen LogP contribution >= 0.6 is 15.9 Å². The second-order valence-corrected chi connectivity index (χ2v) is 5.26. The third-order valence-electron chi connectivity index (χ3n) is 3.16. The van der Waals surface area contributed by atoms with Crippen molar-refractivity contribution in [2.75, 3.05) is 20.3 Å². The molecule has 0 saturated carbocycles. The third-order valence-corrected chi connectivity index (χ3v) is 3.93. The van der Waals surface area contributed by atoms with Gasteiger partial charge in [-0.1, -0.05) is 15.9 Å². The molecule has 1 aromatic carbocycles. The van der Waals surface area contributed by atoms with Crippen molar-refractivity contribution in [2.45, 2.75) is 12.5 Å². The van der Waals surface area contributed by atoms with Crippen LogP contribution in [0.2, 0.25) is 0 Å². The van der Waals surface area contributed by atoms with Crippen LogP contribution in [0.1, 0.15) is 5.56 Å². The van der Waals surface area contributed by atoms with Crippen LogP contribution in [0.15, 0.2) is 22.7 Å². The van der Waals surface area contributed by atoms with Gasteiger partial charge in [0.1, 0.15) is 11.5 Å². The predicted octanol–water partition coefficient (Wildman–Crippen LogP) is 1.54. The normalized spacial score (nSPS) is 23.1. The predicted molar refractivity (Wildman–Crippen MR) is 71.7 cm³/mol. The van der Waals surface area contributed by atoms with E-state index in [1.165, 1.54) is 0 Å². The molecule has 1 aromatic rings. The number of rotatable bonds is 4. The zero-order valence-corrected chi connectivity index (χ0v) is 11.8. The van der Waals surface area contributed by atoms with Gasteiger partial charge in [-0.2, -0.15) is 0 Å². The summed E-state index contributed by atoms with van der Waals surface area (Å²) in [5.74, 6) is 0.671. The Kier molecular flexibility index (Phi) is 4.37. The molecule has 5 heteroatoms. The van der Waals surface area contributed by atoms with Crippen LogP contribution in [-0.4, -0.2) is 32.1 Å². The summed E-state index contributed by atoms with van der Waals surface area (Å²) in [6.45, 7) is 0.900. The number of ketones is 1. The molecule has 0 radical (unpaired) electrons. The van der Waals surface area contributed by atoms with E-state index < -0.39 is 0 Å². The number of halogens is 1. The average Bonchev–Trinajstić information content (AvgIpc) is 2.78. The number of hydrogen-bond donors (Lipinski definition) is 1. The van der Waals surface area contributed by atoms with Crippen molar-refractivity contribution in [3.8, 4) is 5.75 Å². The van der Waals surface area contributed by atoms with Crippen molar-refractivity contribution < 1.29 is 14.3 Å². The Bertz CT molecular complexity index is 450. The van der Waals surface area contributed by atoms with Gasteiger partial charge >= 0.3 is 0 Å². The number of carbonyl (C=O) groups is 1. The van der Waals surface area contributed by atoms with E-state index >= 15 is 0 Å². The second kappa shape index (κ2) is 5.82. The quantitative estimate of drug-likeness (QED) is 0.916. The summed E-state index contributed by atoms with van der Waals surface area (Å²) in [4.78, 5) is 12.2. The van der Waals surface area contributed by atoms with Crippen LogP contribution in [-0.2, 0) is 16.0 Å². The molecule has 0 amide bonds. The van der Waals surface area contributed by atoms with Gasteiger partial charge in [-0.3, -0.25) is 4.79 Å². The van der Waals surface area contributed by atoms with E-state index in [0.29, 0.717) is 19.6 Å². The van der Waals surface area contributed by atoms with Crippen molar-refractivity contribution in [1.29, 1.82) is 0 Å². The summed E-state index contributed by atoms with van der Waals surface area (Å²) < 4.78 is 11.3. The van der Waals surface area contributed by atoms with Crippen LogP contribution < -0.4 is 10.5 Å². The van der Waals surface area contributed by atoms with Gasteiger partial charge in [0.15, 0.2) is 0 Å². The first kappa shape index (κ1) is 13.5. The lowest BCUT2D eigenvalue weighted by Gasteiger charge is -2.13. The molecule has 2 atom stereocenters. The lowest BCUT2D eigenvalue weighted by Crippen LogP contribution is -2.34. The molecule has 0 spiro atoms. The maximum absolute atomic E-state index is 12.2. The van der Waals surface area contributed by atoms with Crippen LogP contribution in [0.25, 0.3) is 0 Å². The number of benzene rings is 1. The lowest BCUT2D eigenvalue weighted by atomic mass is 9.94. The van der Waals surface area contributed by atoms with Gasteiger partial charge in [-0.15, -0.1) is 0 Å². The monoisotopic (exact) mass is 313 g/mol. The molecule has 0 aromatic heterocycles. The summed E-state index contributed by atoms with van der Waals surface area (Å²) >= 11 is 3.44. The Morgan fingerprint density at radius 1 is 1.56 bits per heavy atom. The topological polar surface area (TPSA) is 61.5 Å². The maximum Gasteiger partial charge on any atom is 0.144 e. The first-order chi connectivity index (χ1) is 8.61. The summed E-state index contributed by atoms with van der Waals surface area (Å²) in [6, 6.07) is 5.42. The van der Waals surface area contributed by atoms with Crippen LogP contribution in [0.3, 0.4) is 0 Å². The molecule has 1 saturated heterocycles. The smallest absolute Gasteiger partial charge is 0.144 e. The molecular formula is C13H16BrNO3. The van der Waals surface area contributed by atoms with Gasteiger partial charge < -0.3 is 15.2 Å². The van der Waals surface area contributed by atoms with E-state index in [2.05, 4.69) is 15.9 Å². The van der Waals surface area contributed by atoms with Crippen molar-refractivity contribution in [1.82, 2.24) is 0 Å². The zero-order chi connectivity index (χ0) is 13.1. The maximum atomic E-state index is 12.2. The number of ether oxygens (including phenoxy) is 2. The van der Waals surface area contributed by atoms with Gasteiger partial charge in [-0.25, -0.2) is 0 Å².